The third-order valence-electron chi connectivity index (χ3n) is 4.22. The minimum atomic E-state index is 0.0727. The van der Waals surface area contributed by atoms with Crippen LogP contribution in [0.2, 0.25) is 0 Å². The van der Waals surface area contributed by atoms with Crippen LogP contribution in [0.3, 0.4) is 0 Å². The van der Waals surface area contributed by atoms with Crippen LogP contribution < -0.4 is 0 Å². The van der Waals surface area contributed by atoms with Gasteiger partial charge in [0.25, 0.3) is 0 Å². The molecule has 0 unspecified atom stereocenters. The molecule has 1 aromatic heterocycles. The summed E-state index contributed by atoms with van der Waals surface area (Å²) in [6.45, 7) is 0. The number of aromatic nitrogens is 2. The topological polar surface area (TPSA) is 58.3 Å². The summed E-state index contributed by atoms with van der Waals surface area (Å²) in [4.78, 5) is 0. The minimum absolute atomic E-state index is 0.0727. The number of nitrogens with zero attached hydrogens (tertiary/aromatic N) is 2. The molecule has 0 saturated carbocycles. The van der Waals surface area contributed by atoms with Crippen molar-refractivity contribution in [1.82, 2.24) is 9.78 Å². The van der Waals surface area contributed by atoms with Gasteiger partial charge in [0.2, 0.25) is 5.88 Å². The van der Waals surface area contributed by atoms with Gasteiger partial charge in [-0.15, -0.1) is 0 Å². The summed E-state index contributed by atoms with van der Waals surface area (Å²) in [5.74, 6) is 0.215. The van der Waals surface area contributed by atoms with Crippen LogP contribution in [0, 0.1) is 0 Å². The summed E-state index contributed by atoms with van der Waals surface area (Å²) in [6.07, 6.45) is 0. The number of rotatable bonds is 2. The first kappa shape index (κ1) is 14.3. The van der Waals surface area contributed by atoms with E-state index in [-0.39, 0.29) is 11.6 Å². The minimum Gasteiger partial charge on any atom is -0.507 e. The molecule has 0 aliphatic rings. The lowest BCUT2D eigenvalue weighted by Crippen LogP contribution is -1.90. The van der Waals surface area contributed by atoms with Crippen LogP contribution in [-0.4, -0.2) is 20.0 Å². The van der Waals surface area contributed by atoms with Crippen molar-refractivity contribution in [2.75, 3.05) is 0 Å². The molecule has 0 saturated heterocycles. The largest absolute Gasteiger partial charge is 0.507 e. The molecule has 0 atom stereocenters. The van der Waals surface area contributed by atoms with Crippen LogP contribution in [0.15, 0.2) is 66.7 Å². The van der Waals surface area contributed by atoms with Crippen LogP contribution in [0.25, 0.3) is 33.2 Å². The highest BCUT2D eigenvalue weighted by atomic mass is 16.3. The molecule has 0 bridgehead atoms. The van der Waals surface area contributed by atoms with Crippen molar-refractivity contribution in [2.24, 2.45) is 7.05 Å². The van der Waals surface area contributed by atoms with Gasteiger partial charge in [-0.25, -0.2) is 4.68 Å². The Labute approximate surface area is 139 Å². The maximum Gasteiger partial charge on any atom is 0.217 e. The summed E-state index contributed by atoms with van der Waals surface area (Å²) in [7, 11) is 1.69. The van der Waals surface area contributed by atoms with Gasteiger partial charge in [0.05, 0.1) is 11.1 Å². The Bertz CT molecular complexity index is 1040. The van der Waals surface area contributed by atoms with Crippen LogP contribution in [0.1, 0.15) is 0 Å². The van der Waals surface area contributed by atoms with Gasteiger partial charge in [-0.05, 0) is 22.4 Å². The molecule has 0 amide bonds. The molecule has 3 aromatic carbocycles. The fraction of sp³-hybridized carbons (Fsp3) is 0.0500. The summed E-state index contributed by atoms with van der Waals surface area (Å²) >= 11 is 0. The van der Waals surface area contributed by atoms with Gasteiger partial charge in [0.15, 0.2) is 0 Å². The number of phenolic OH excluding ortho intramolecular Hbond substituents is 1. The number of hydrogen-bond donors (Lipinski definition) is 2. The first-order valence-corrected chi connectivity index (χ1v) is 7.69. The first-order chi connectivity index (χ1) is 11.7. The Hall–Kier alpha value is -3.27. The van der Waals surface area contributed by atoms with Crippen molar-refractivity contribution in [3.05, 3.63) is 66.7 Å². The number of hydrogen-bond acceptors (Lipinski definition) is 3. The molecule has 4 heteroatoms. The average molecular weight is 316 g/mol. The molecule has 118 valence electrons. The summed E-state index contributed by atoms with van der Waals surface area (Å²) in [6, 6.07) is 20.9. The Kier molecular flexibility index (Phi) is 3.24. The van der Waals surface area contributed by atoms with Crippen LogP contribution in [0.5, 0.6) is 11.6 Å². The Morgan fingerprint density at radius 3 is 2.29 bits per heavy atom. The summed E-state index contributed by atoms with van der Waals surface area (Å²) in [5, 5.41) is 27.4. The molecule has 4 rings (SSSR count). The molecule has 1 heterocycles. The second-order valence-corrected chi connectivity index (χ2v) is 5.72. The highest BCUT2D eigenvalue weighted by Crippen LogP contribution is 2.44. The van der Waals surface area contributed by atoms with E-state index in [9.17, 15) is 10.2 Å². The number of aryl methyl sites for hydroxylation is 1. The fourth-order valence-electron chi connectivity index (χ4n) is 3.07. The molecular formula is C20H16N2O2. The lowest BCUT2D eigenvalue weighted by atomic mass is 9.96. The first-order valence-electron chi connectivity index (χ1n) is 7.69. The predicted molar refractivity (Wildman–Crippen MR) is 94.9 cm³/mol. The standard InChI is InChI=1S/C20H16N2O2/c1-22-20(24)17(14-8-3-2-4-9-14)19(21-22)18-15-10-6-5-7-13(15)11-12-16(18)23/h2-12,23-24H,1H3. The van der Waals surface area contributed by atoms with Crippen molar-refractivity contribution in [2.45, 2.75) is 0 Å². The summed E-state index contributed by atoms with van der Waals surface area (Å²) < 4.78 is 1.43. The van der Waals surface area contributed by atoms with Crippen molar-refractivity contribution >= 4 is 10.8 Å². The third kappa shape index (κ3) is 2.12. The molecule has 24 heavy (non-hydrogen) atoms. The number of benzene rings is 3. The van der Waals surface area contributed by atoms with E-state index in [1.165, 1.54) is 4.68 Å². The molecule has 0 radical (unpaired) electrons. The predicted octanol–water partition coefficient (Wildman–Crippen LogP) is 4.32. The number of aromatic hydroxyl groups is 2. The van der Waals surface area contributed by atoms with Crippen LogP contribution in [-0.2, 0) is 7.05 Å². The molecule has 0 spiro atoms. The highest BCUT2D eigenvalue weighted by molar-refractivity contribution is 6.02. The third-order valence-corrected chi connectivity index (χ3v) is 4.22. The zero-order chi connectivity index (χ0) is 16.7. The van der Waals surface area contributed by atoms with Crippen molar-refractivity contribution in [3.63, 3.8) is 0 Å². The molecule has 0 aliphatic carbocycles. The van der Waals surface area contributed by atoms with Gasteiger partial charge in [0.1, 0.15) is 11.4 Å². The molecule has 0 aliphatic heterocycles. The fourth-order valence-corrected chi connectivity index (χ4v) is 3.07. The van der Waals surface area contributed by atoms with Gasteiger partial charge >= 0.3 is 0 Å². The SMILES string of the molecule is Cn1nc(-c2c(O)ccc3ccccc23)c(-c2ccccc2)c1O. The highest BCUT2D eigenvalue weighted by Gasteiger charge is 2.22. The Balaban J connectivity index is 2.10. The zero-order valence-electron chi connectivity index (χ0n) is 13.1. The quantitative estimate of drug-likeness (QED) is 0.579. The van der Waals surface area contributed by atoms with Crippen molar-refractivity contribution < 1.29 is 10.2 Å². The van der Waals surface area contributed by atoms with Gasteiger partial charge in [-0.2, -0.15) is 5.10 Å². The Morgan fingerprint density at radius 1 is 0.792 bits per heavy atom. The molecule has 4 nitrogen and oxygen atoms in total. The molecule has 2 N–H and O–H groups in total. The smallest absolute Gasteiger partial charge is 0.217 e. The zero-order valence-corrected chi connectivity index (χ0v) is 13.1. The van der Waals surface area contributed by atoms with Crippen LogP contribution >= 0.6 is 0 Å². The van der Waals surface area contributed by atoms with Gasteiger partial charge in [0, 0.05) is 7.05 Å². The van der Waals surface area contributed by atoms with E-state index < -0.39 is 0 Å². The average Bonchev–Trinajstić information content (AvgIpc) is 2.90. The maximum atomic E-state index is 10.5. The lowest BCUT2D eigenvalue weighted by molar-refractivity contribution is 0.421. The van der Waals surface area contributed by atoms with E-state index in [2.05, 4.69) is 5.10 Å². The number of fused-ring (bicyclic) bond motifs is 1. The van der Waals surface area contributed by atoms with E-state index in [0.29, 0.717) is 16.8 Å². The Morgan fingerprint density at radius 2 is 1.50 bits per heavy atom. The van der Waals surface area contributed by atoms with E-state index in [1.807, 2.05) is 60.7 Å². The number of phenols is 1. The second-order valence-electron chi connectivity index (χ2n) is 5.72. The monoisotopic (exact) mass is 316 g/mol. The van der Waals surface area contributed by atoms with Crippen LogP contribution in [0.4, 0.5) is 0 Å². The molecule has 0 fully saturated rings. The van der Waals surface area contributed by atoms with E-state index >= 15 is 0 Å². The van der Waals surface area contributed by atoms with Crippen molar-refractivity contribution in [1.29, 1.82) is 0 Å². The van der Waals surface area contributed by atoms with E-state index in [0.717, 1.165) is 16.3 Å². The molecule has 4 aromatic rings. The second kappa shape index (κ2) is 5.42. The van der Waals surface area contributed by atoms with Crippen molar-refractivity contribution in [3.8, 4) is 34.0 Å². The van der Waals surface area contributed by atoms with Gasteiger partial charge in [-0.1, -0.05) is 60.7 Å². The van der Waals surface area contributed by atoms with E-state index in [1.54, 1.807) is 13.1 Å². The normalized spacial score (nSPS) is 11.0. The molecular weight excluding hydrogens is 300 g/mol. The lowest BCUT2D eigenvalue weighted by Gasteiger charge is -2.09. The maximum absolute atomic E-state index is 10.5. The van der Waals surface area contributed by atoms with Gasteiger partial charge < -0.3 is 10.2 Å². The van der Waals surface area contributed by atoms with Gasteiger partial charge in [-0.3, -0.25) is 0 Å². The van der Waals surface area contributed by atoms with E-state index in [4.69, 9.17) is 0 Å². The summed E-state index contributed by atoms with van der Waals surface area (Å²) in [5.41, 5.74) is 2.66.